The van der Waals surface area contributed by atoms with Gasteiger partial charge in [0.1, 0.15) is 0 Å². The zero-order chi connectivity index (χ0) is 14.2. The second-order valence-electron chi connectivity index (χ2n) is 4.04. The summed E-state index contributed by atoms with van der Waals surface area (Å²) in [7, 11) is -1.70. The molecule has 0 aliphatic rings. The van der Waals surface area contributed by atoms with Crippen LogP contribution in [-0.2, 0) is 14.6 Å². The van der Waals surface area contributed by atoms with Gasteiger partial charge in [0.15, 0.2) is 9.84 Å². The molecule has 0 aliphatic carbocycles. The number of hydrogen-bond donors (Lipinski definition) is 0. The molecule has 0 aromatic heterocycles. The van der Waals surface area contributed by atoms with E-state index in [1.807, 2.05) is 33.8 Å². The molecule has 1 aromatic rings. The molecule has 0 fully saturated rings. The van der Waals surface area contributed by atoms with Crippen molar-refractivity contribution in [2.24, 2.45) is 0 Å². The normalized spacial score (nSPS) is 11.0. The molecule has 0 unspecified atom stereocenters. The maximum absolute atomic E-state index is 11.9. The standard InChI is InChI=1S/C12H18O3S.C2H6/c1-10(2)11-5-4-6-12(9-11)16(13,14)8-7-15-3;1-2/h4-6,9-10H,7-8H2,1-3H3;1-2H3. The van der Waals surface area contributed by atoms with Gasteiger partial charge in [-0.3, -0.25) is 0 Å². The fraction of sp³-hybridized carbons (Fsp3) is 0.571. The molecule has 0 saturated heterocycles. The molecule has 4 heteroatoms. The highest BCUT2D eigenvalue weighted by molar-refractivity contribution is 7.91. The highest BCUT2D eigenvalue weighted by Gasteiger charge is 2.14. The van der Waals surface area contributed by atoms with Crippen molar-refractivity contribution < 1.29 is 13.2 Å². The van der Waals surface area contributed by atoms with Gasteiger partial charge in [0.25, 0.3) is 0 Å². The number of benzene rings is 1. The van der Waals surface area contributed by atoms with Crippen LogP contribution in [0.5, 0.6) is 0 Å². The zero-order valence-corrected chi connectivity index (χ0v) is 12.8. The minimum atomic E-state index is -3.20. The summed E-state index contributed by atoms with van der Waals surface area (Å²) >= 11 is 0. The molecular formula is C14H24O3S. The number of rotatable bonds is 5. The van der Waals surface area contributed by atoms with Crippen LogP contribution in [0.2, 0.25) is 0 Å². The summed E-state index contributed by atoms with van der Waals surface area (Å²) < 4.78 is 28.6. The van der Waals surface area contributed by atoms with Crippen LogP contribution in [0.15, 0.2) is 29.2 Å². The Morgan fingerprint density at radius 1 is 1.22 bits per heavy atom. The second-order valence-corrected chi connectivity index (χ2v) is 6.15. The number of sulfone groups is 1. The Bertz CT molecular complexity index is 436. The van der Waals surface area contributed by atoms with Gasteiger partial charge in [0.2, 0.25) is 0 Å². The molecule has 0 N–H and O–H groups in total. The monoisotopic (exact) mass is 272 g/mol. The van der Waals surface area contributed by atoms with Crippen molar-refractivity contribution in [3.05, 3.63) is 29.8 Å². The van der Waals surface area contributed by atoms with Crippen LogP contribution in [0, 0.1) is 0 Å². The minimum absolute atomic E-state index is 0.0328. The fourth-order valence-electron chi connectivity index (χ4n) is 1.38. The molecule has 0 saturated carbocycles. The van der Waals surface area contributed by atoms with Crippen molar-refractivity contribution in [2.45, 2.75) is 38.5 Å². The topological polar surface area (TPSA) is 43.4 Å². The van der Waals surface area contributed by atoms with Gasteiger partial charge < -0.3 is 4.74 Å². The van der Waals surface area contributed by atoms with E-state index in [1.54, 1.807) is 18.2 Å². The van der Waals surface area contributed by atoms with Crippen molar-refractivity contribution in [1.82, 2.24) is 0 Å². The molecule has 3 nitrogen and oxygen atoms in total. The summed E-state index contributed by atoms with van der Waals surface area (Å²) in [6.45, 7) is 8.32. The summed E-state index contributed by atoms with van der Waals surface area (Å²) in [5, 5.41) is 0. The van der Waals surface area contributed by atoms with Crippen molar-refractivity contribution in [1.29, 1.82) is 0 Å². The Morgan fingerprint density at radius 2 is 1.83 bits per heavy atom. The van der Waals surface area contributed by atoms with Crippen LogP contribution in [-0.4, -0.2) is 27.9 Å². The van der Waals surface area contributed by atoms with E-state index in [4.69, 9.17) is 4.74 Å². The third-order valence-corrected chi connectivity index (χ3v) is 4.12. The highest BCUT2D eigenvalue weighted by atomic mass is 32.2. The Hall–Kier alpha value is -0.870. The maximum atomic E-state index is 11.9. The molecule has 0 heterocycles. The zero-order valence-electron chi connectivity index (χ0n) is 11.9. The maximum Gasteiger partial charge on any atom is 0.180 e. The van der Waals surface area contributed by atoms with E-state index in [2.05, 4.69) is 0 Å². The van der Waals surface area contributed by atoms with Gasteiger partial charge in [-0.15, -0.1) is 0 Å². The molecule has 0 aliphatic heterocycles. The smallest absolute Gasteiger partial charge is 0.180 e. The van der Waals surface area contributed by atoms with Gasteiger partial charge in [0, 0.05) is 7.11 Å². The SMILES string of the molecule is CC.COCCS(=O)(=O)c1cccc(C(C)C)c1. The van der Waals surface area contributed by atoms with E-state index in [-0.39, 0.29) is 12.4 Å². The molecule has 0 amide bonds. The van der Waals surface area contributed by atoms with E-state index in [9.17, 15) is 8.42 Å². The number of methoxy groups -OCH3 is 1. The van der Waals surface area contributed by atoms with Crippen molar-refractivity contribution >= 4 is 9.84 Å². The number of hydrogen-bond acceptors (Lipinski definition) is 3. The first-order chi connectivity index (χ1) is 8.47. The van der Waals surface area contributed by atoms with Crippen LogP contribution in [0.1, 0.15) is 39.2 Å². The summed E-state index contributed by atoms with van der Waals surface area (Å²) in [5.74, 6) is 0.364. The first-order valence-corrected chi connectivity index (χ1v) is 7.94. The fourth-order valence-corrected chi connectivity index (χ4v) is 2.60. The first kappa shape index (κ1) is 17.1. The average Bonchev–Trinajstić information content (AvgIpc) is 2.39. The number of ether oxygens (including phenoxy) is 1. The van der Waals surface area contributed by atoms with Gasteiger partial charge in [-0.2, -0.15) is 0 Å². The minimum Gasteiger partial charge on any atom is -0.384 e. The lowest BCUT2D eigenvalue weighted by Gasteiger charge is -2.08. The molecule has 1 aromatic carbocycles. The predicted molar refractivity (Wildman–Crippen MR) is 75.8 cm³/mol. The summed E-state index contributed by atoms with van der Waals surface area (Å²) in [6.07, 6.45) is 0. The van der Waals surface area contributed by atoms with Crippen molar-refractivity contribution in [3.8, 4) is 0 Å². The van der Waals surface area contributed by atoms with E-state index < -0.39 is 9.84 Å². The highest BCUT2D eigenvalue weighted by Crippen LogP contribution is 2.19. The van der Waals surface area contributed by atoms with Crippen molar-refractivity contribution in [3.63, 3.8) is 0 Å². The predicted octanol–water partition coefficient (Wildman–Crippen LogP) is 3.26. The lowest BCUT2D eigenvalue weighted by molar-refractivity contribution is 0.217. The molecular weight excluding hydrogens is 248 g/mol. The van der Waals surface area contributed by atoms with Crippen LogP contribution < -0.4 is 0 Å². The molecule has 18 heavy (non-hydrogen) atoms. The van der Waals surface area contributed by atoms with Crippen LogP contribution in [0.25, 0.3) is 0 Å². The van der Waals surface area contributed by atoms with E-state index >= 15 is 0 Å². The molecule has 0 spiro atoms. The van der Waals surface area contributed by atoms with Crippen LogP contribution in [0.3, 0.4) is 0 Å². The Balaban J connectivity index is 0.00000137. The van der Waals surface area contributed by atoms with Gasteiger partial charge in [-0.1, -0.05) is 39.8 Å². The summed E-state index contributed by atoms with van der Waals surface area (Å²) in [4.78, 5) is 0.385. The lowest BCUT2D eigenvalue weighted by atomic mass is 10.0. The molecule has 0 radical (unpaired) electrons. The van der Waals surface area contributed by atoms with E-state index in [0.717, 1.165) is 5.56 Å². The van der Waals surface area contributed by atoms with Crippen LogP contribution >= 0.6 is 0 Å². The van der Waals surface area contributed by atoms with Gasteiger partial charge in [-0.25, -0.2) is 8.42 Å². The molecule has 1 rings (SSSR count). The largest absolute Gasteiger partial charge is 0.384 e. The Labute approximate surface area is 111 Å². The van der Waals surface area contributed by atoms with Crippen LogP contribution in [0.4, 0.5) is 0 Å². The van der Waals surface area contributed by atoms with Gasteiger partial charge in [-0.05, 0) is 23.6 Å². The molecule has 0 atom stereocenters. The van der Waals surface area contributed by atoms with Gasteiger partial charge >= 0.3 is 0 Å². The quantitative estimate of drug-likeness (QED) is 0.826. The Kier molecular flexibility index (Phi) is 7.87. The van der Waals surface area contributed by atoms with E-state index in [1.165, 1.54) is 7.11 Å². The second kappa shape index (κ2) is 8.27. The third kappa shape index (κ3) is 5.19. The lowest BCUT2D eigenvalue weighted by Crippen LogP contribution is -2.11. The third-order valence-electron chi connectivity index (χ3n) is 2.44. The average molecular weight is 272 g/mol. The van der Waals surface area contributed by atoms with E-state index in [0.29, 0.717) is 10.8 Å². The summed E-state index contributed by atoms with van der Waals surface area (Å²) in [6, 6.07) is 7.11. The first-order valence-electron chi connectivity index (χ1n) is 6.29. The Morgan fingerprint density at radius 3 is 2.33 bits per heavy atom. The van der Waals surface area contributed by atoms with Gasteiger partial charge in [0.05, 0.1) is 17.3 Å². The molecule has 104 valence electrons. The summed E-state index contributed by atoms with van der Waals surface area (Å²) in [5.41, 5.74) is 1.04. The molecule has 0 bridgehead atoms. The van der Waals surface area contributed by atoms with Crippen molar-refractivity contribution in [2.75, 3.05) is 19.5 Å².